The maximum Gasteiger partial charge on any atom is 0.272 e. The molecule has 8 nitrogen and oxygen atoms in total. The highest BCUT2D eigenvalue weighted by molar-refractivity contribution is 6.05. The number of anilines is 1. The van der Waals surface area contributed by atoms with Crippen LogP contribution in [0.3, 0.4) is 0 Å². The first-order valence-corrected chi connectivity index (χ1v) is 9.49. The molecule has 1 aliphatic heterocycles. The van der Waals surface area contributed by atoms with Crippen molar-refractivity contribution in [1.82, 2.24) is 14.8 Å². The molecule has 1 aromatic heterocycles. The number of pyridine rings is 1. The van der Waals surface area contributed by atoms with Gasteiger partial charge in [0.05, 0.1) is 6.10 Å². The van der Waals surface area contributed by atoms with Crippen LogP contribution >= 0.6 is 0 Å². The number of aromatic nitrogens is 1. The molecule has 0 aliphatic carbocycles. The molecule has 1 fully saturated rings. The number of nitrogens with one attached hydrogen (secondary N) is 1. The summed E-state index contributed by atoms with van der Waals surface area (Å²) < 4.78 is 5.59. The summed E-state index contributed by atoms with van der Waals surface area (Å²) in [6, 6.07) is 10.1. The monoisotopic (exact) mass is 396 g/mol. The molecule has 0 spiro atoms. The zero-order chi connectivity index (χ0) is 20.8. The molecule has 8 heteroatoms. The van der Waals surface area contributed by atoms with Crippen molar-refractivity contribution < 1.29 is 19.1 Å². The van der Waals surface area contributed by atoms with Gasteiger partial charge in [0.2, 0.25) is 6.41 Å². The average molecular weight is 396 g/mol. The van der Waals surface area contributed by atoms with E-state index in [-0.39, 0.29) is 23.6 Å². The zero-order valence-electron chi connectivity index (χ0n) is 16.5. The van der Waals surface area contributed by atoms with E-state index in [9.17, 15) is 14.4 Å². The fourth-order valence-corrected chi connectivity index (χ4v) is 2.97. The Kier molecular flexibility index (Phi) is 6.43. The van der Waals surface area contributed by atoms with Gasteiger partial charge < -0.3 is 19.9 Å². The Morgan fingerprint density at radius 3 is 2.41 bits per heavy atom. The van der Waals surface area contributed by atoms with Crippen molar-refractivity contribution in [2.45, 2.75) is 20.0 Å². The highest BCUT2D eigenvalue weighted by atomic mass is 16.5. The van der Waals surface area contributed by atoms with Gasteiger partial charge in [-0.25, -0.2) is 0 Å². The highest BCUT2D eigenvalue weighted by Gasteiger charge is 2.23. The maximum atomic E-state index is 12.7. The SMILES string of the molecule is CC(C)Oc1ccc(NC(=O)c2ccnc(C(=O)N3CCN(C=O)CC3)c2)cc1. The Labute approximate surface area is 169 Å². The van der Waals surface area contributed by atoms with Gasteiger partial charge in [-0.3, -0.25) is 19.4 Å². The van der Waals surface area contributed by atoms with E-state index in [1.54, 1.807) is 40.1 Å². The van der Waals surface area contributed by atoms with Crippen molar-refractivity contribution >= 4 is 23.9 Å². The molecule has 1 N–H and O–H groups in total. The molecule has 1 aromatic carbocycles. The Hall–Kier alpha value is -3.42. The smallest absolute Gasteiger partial charge is 0.272 e. The second-order valence-electron chi connectivity index (χ2n) is 7.01. The lowest BCUT2D eigenvalue weighted by Crippen LogP contribution is -2.48. The van der Waals surface area contributed by atoms with Crippen molar-refractivity contribution in [1.29, 1.82) is 0 Å². The van der Waals surface area contributed by atoms with Gasteiger partial charge in [-0.1, -0.05) is 0 Å². The van der Waals surface area contributed by atoms with Gasteiger partial charge >= 0.3 is 0 Å². The van der Waals surface area contributed by atoms with Crippen LogP contribution in [0.1, 0.15) is 34.7 Å². The Bertz CT molecular complexity index is 875. The summed E-state index contributed by atoms with van der Waals surface area (Å²) in [5.74, 6) is 0.148. The Balaban J connectivity index is 1.64. The fraction of sp³-hybridized carbons (Fsp3) is 0.333. The lowest BCUT2D eigenvalue weighted by molar-refractivity contribution is -0.119. The van der Waals surface area contributed by atoms with E-state index in [4.69, 9.17) is 4.74 Å². The number of benzene rings is 1. The highest BCUT2D eigenvalue weighted by Crippen LogP contribution is 2.18. The number of hydrogen-bond acceptors (Lipinski definition) is 5. The van der Waals surface area contributed by atoms with Crippen molar-refractivity contribution in [2.75, 3.05) is 31.5 Å². The van der Waals surface area contributed by atoms with Crippen LogP contribution in [0.5, 0.6) is 5.75 Å². The molecule has 0 saturated carbocycles. The number of nitrogens with zero attached hydrogens (tertiary/aromatic N) is 3. The number of rotatable bonds is 6. The van der Waals surface area contributed by atoms with Crippen LogP contribution in [-0.4, -0.2) is 65.3 Å². The summed E-state index contributed by atoms with van der Waals surface area (Å²) in [4.78, 5) is 43.4. The number of amides is 3. The molecule has 2 aromatic rings. The van der Waals surface area contributed by atoms with Crippen LogP contribution in [0.15, 0.2) is 42.6 Å². The largest absolute Gasteiger partial charge is 0.491 e. The van der Waals surface area contributed by atoms with E-state index < -0.39 is 0 Å². The standard InChI is InChI=1S/C21H24N4O4/c1-15(2)29-18-5-3-17(4-6-18)23-20(27)16-7-8-22-19(13-16)21(28)25-11-9-24(14-26)10-12-25/h3-8,13-15H,9-12H2,1-2H3,(H,23,27). The van der Waals surface area contributed by atoms with Crippen molar-refractivity contribution in [3.8, 4) is 5.75 Å². The molecule has 3 amide bonds. The van der Waals surface area contributed by atoms with Crippen LogP contribution in [-0.2, 0) is 4.79 Å². The van der Waals surface area contributed by atoms with Crippen LogP contribution in [0.25, 0.3) is 0 Å². The summed E-state index contributed by atoms with van der Waals surface area (Å²) in [5.41, 5.74) is 1.18. The first-order valence-electron chi connectivity index (χ1n) is 9.49. The second-order valence-corrected chi connectivity index (χ2v) is 7.01. The van der Waals surface area contributed by atoms with E-state index in [1.165, 1.54) is 12.3 Å². The molecule has 2 heterocycles. The van der Waals surface area contributed by atoms with Crippen molar-refractivity contribution in [3.05, 3.63) is 53.9 Å². The summed E-state index contributed by atoms with van der Waals surface area (Å²) in [6.45, 7) is 5.76. The summed E-state index contributed by atoms with van der Waals surface area (Å²) in [7, 11) is 0. The molecule has 1 aliphatic rings. The molecule has 3 rings (SSSR count). The van der Waals surface area contributed by atoms with Gasteiger partial charge in [-0.2, -0.15) is 0 Å². The van der Waals surface area contributed by atoms with Crippen molar-refractivity contribution in [2.24, 2.45) is 0 Å². The number of carbonyl (C=O) groups is 3. The lowest BCUT2D eigenvalue weighted by Gasteiger charge is -2.32. The van der Waals surface area contributed by atoms with E-state index >= 15 is 0 Å². The van der Waals surface area contributed by atoms with E-state index in [0.717, 1.165) is 12.2 Å². The number of hydrogen-bond donors (Lipinski definition) is 1. The molecule has 0 bridgehead atoms. The Morgan fingerprint density at radius 2 is 1.79 bits per heavy atom. The lowest BCUT2D eigenvalue weighted by atomic mass is 10.2. The van der Waals surface area contributed by atoms with Crippen LogP contribution in [0, 0.1) is 0 Å². The minimum atomic E-state index is -0.329. The molecule has 0 unspecified atom stereocenters. The molecular weight excluding hydrogens is 372 g/mol. The van der Waals surface area contributed by atoms with E-state index in [2.05, 4.69) is 10.3 Å². The van der Waals surface area contributed by atoms with E-state index in [0.29, 0.717) is 37.4 Å². The molecule has 0 radical (unpaired) electrons. The molecular formula is C21H24N4O4. The van der Waals surface area contributed by atoms with Gasteiger partial charge in [0, 0.05) is 43.6 Å². The second kappa shape index (κ2) is 9.18. The fourth-order valence-electron chi connectivity index (χ4n) is 2.97. The zero-order valence-corrected chi connectivity index (χ0v) is 16.5. The maximum absolute atomic E-state index is 12.7. The normalized spacial score (nSPS) is 13.9. The Morgan fingerprint density at radius 1 is 1.10 bits per heavy atom. The molecule has 1 saturated heterocycles. The van der Waals surface area contributed by atoms with Crippen molar-refractivity contribution in [3.63, 3.8) is 0 Å². The van der Waals surface area contributed by atoms with E-state index in [1.807, 2.05) is 13.8 Å². The first-order chi connectivity index (χ1) is 14.0. The number of piperazine rings is 1. The molecule has 152 valence electrons. The van der Waals surface area contributed by atoms with Crippen LogP contribution in [0.4, 0.5) is 5.69 Å². The third-order valence-electron chi connectivity index (χ3n) is 4.48. The summed E-state index contributed by atoms with van der Waals surface area (Å²) in [6.07, 6.45) is 2.31. The number of ether oxygens (including phenoxy) is 1. The predicted molar refractivity (Wildman–Crippen MR) is 108 cm³/mol. The molecule has 29 heavy (non-hydrogen) atoms. The quantitative estimate of drug-likeness (QED) is 0.755. The van der Waals surface area contributed by atoms with Crippen LogP contribution in [0.2, 0.25) is 0 Å². The minimum absolute atomic E-state index is 0.0737. The predicted octanol–water partition coefficient (Wildman–Crippen LogP) is 2.04. The third kappa shape index (κ3) is 5.31. The first kappa shape index (κ1) is 20.3. The topological polar surface area (TPSA) is 91.8 Å². The van der Waals surface area contributed by atoms with Crippen LogP contribution < -0.4 is 10.1 Å². The van der Waals surface area contributed by atoms with Gasteiger partial charge in [0.1, 0.15) is 11.4 Å². The van der Waals surface area contributed by atoms with Gasteiger partial charge in [-0.05, 0) is 50.2 Å². The van der Waals surface area contributed by atoms with Gasteiger partial charge in [0.25, 0.3) is 11.8 Å². The minimum Gasteiger partial charge on any atom is -0.491 e. The van der Waals surface area contributed by atoms with Gasteiger partial charge in [0.15, 0.2) is 0 Å². The summed E-state index contributed by atoms with van der Waals surface area (Å²) in [5, 5.41) is 2.81. The number of carbonyl (C=O) groups excluding carboxylic acids is 3. The summed E-state index contributed by atoms with van der Waals surface area (Å²) >= 11 is 0. The third-order valence-corrected chi connectivity index (χ3v) is 4.48. The molecule has 0 atom stereocenters. The van der Waals surface area contributed by atoms with Gasteiger partial charge in [-0.15, -0.1) is 0 Å². The average Bonchev–Trinajstić information content (AvgIpc) is 2.74.